The Morgan fingerprint density at radius 3 is 2.39 bits per heavy atom. The molecule has 1 unspecified atom stereocenters. The number of halogens is 1. The molecule has 1 aliphatic rings. The highest BCUT2D eigenvalue weighted by Crippen LogP contribution is 2.46. The van der Waals surface area contributed by atoms with E-state index in [0.717, 1.165) is 27.0 Å². The van der Waals surface area contributed by atoms with Crippen molar-refractivity contribution in [3.63, 3.8) is 0 Å². The molecule has 3 aromatic rings. The number of nitrogens with one attached hydrogen (secondary N) is 1. The molecule has 1 N–H and O–H groups in total. The van der Waals surface area contributed by atoms with Crippen LogP contribution in [0.1, 0.15) is 27.7 Å². The third-order valence-electron chi connectivity index (χ3n) is 5.29. The summed E-state index contributed by atoms with van der Waals surface area (Å²) in [6, 6.07) is 17.2. The van der Waals surface area contributed by atoms with Gasteiger partial charge in [0.15, 0.2) is 11.5 Å². The van der Waals surface area contributed by atoms with Gasteiger partial charge in [-0.25, -0.2) is 0 Å². The van der Waals surface area contributed by atoms with Crippen LogP contribution in [0.5, 0.6) is 17.2 Å². The molecule has 1 atom stereocenters. The molecule has 160 valence electrons. The minimum absolute atomic E-state index is 0.109. The van der Waals surface area contributed by atoms with Crippen molar-refractivity contribution in [2.24, 2.45) is 0 Å². The van der Waals surface area contributed by atoms with Crippen LogP contribution in [0.25, 0.3) is 0 Å². The van der Waals surface area contributed by atoms with Crippen LogP contribution in [0.3, 0.4) is 0 Å². The largest absolute Gasteiger partial charge is 0.493 e. The average Bonchev–Trinajstić information content (AvgIpc) is 2.78. The highest BCUT2D eigenvalue weighted by atomic mass is 79.9. The number of anilines is 2. The van der Waals surface area contributed by atoms with Crippen LogP contribution in [-0.2, 0) is 0 Å². The molecule has 0 radical (unpaired) electrons. The van der Waals surface area contributed by atoms with Crippen LogP contribution in [0.2, 0.25) is 0 Å². The number of aryl methyl sites for hydroxylation is 1. The predicted molar refractivity (Wildman–Crippen MR) is 125 cm³/mol. The molecule has 0 spiro atoms. The highest BCUT2D eigenvalue weighted by Gasteiger charge is 2.37. The monoisotopic (exact) mass is 482 g/mol. The molecule has 31 heavy (non-hydrogen) atoms. The fourth-order valence-electron chi connectivity index (χ4n) is 3.88. The van der Waals surface area contributed by atoms with Crippen molar-refractivity contribution in [1.82, 2.24) is 0 Å². The van der Waals surface area contributed by atoms with Crippen molar-refractivity contribution in [2.75, 3.05) is 31.5 Å². The molecular formula is C24H23BrN2O4. The number of hydrogen-bond acceptors (Lipinski definition) is 5. The molecule has 0 aliphatic carbocycles. The molecule has 1 aliphatic heterocycles. The second-order valence-corrected chi connectivity index (χ2v) is 8.09. The SMILES string of the molecule is COc1ccc(C2Nc3ccc(Br)cc3C(=O)N2c2cccc(C)c2)c(OC)c1OC. The van der Waals surface area contributed by atoms with E-state index in [0.29, 0.717) is 22.8 Å². The van der Waals surface area contributed by atoms with Gasteiger partial charge in [0.05, 0.1) is 26.9 Å². The van der Waals surface area contributed by atoms with Crippen molar-refractivity contribution in [3.05, 3.63) is 75.8 Å². The summed E-state index contributed by atoms with van der Waals surface area (Å²) in [6.07, 6.45) is -0.516. The van der Waals surface area contributed by atoms with Gasteiger partial charge >= 0.3 is 0 Å². The lowest BCUT2D eigenvalue weighted by Gasteiger charge is -2.39. The van der Waals surface area contributed by atoms with Gasteiger partial charge in [-0.05, 0) is 55.0 Å². The van der Waals surface area contributed by atoms with Crippen LogP contribution in [-0.4, -0.2) is 27.2 Å². The molecule has 0 saturated heterocycles. The molecule has 0 fully saturated rings. The Kier molecular flexibility index (Phi) is 5.78. The fourth-order valence-corrected chi connectivity index (χ4v) is 4.24. The molecule has 0 saturated carbocycles. The Labute approximate surface area is 189 Å². The van der Waals surface area contributed by atoms with E-state index in [1.165, 1.54) is 0 Å². The topological polar surface area (TPSA) is 60.0 Å². The maximum atomic E-state index is 13.7. The van der Waals surface area contributed by atoms with Crippen molar-refractivity contribution in [3.8, 4) is 17.2 Å². The Morgan fingerprint density at radius 2 is 1.71 bits per heavy atom. The summed E-state index contributed by atoms with van der Waals surface area (Å²) in [5.41, 5.74) is 3.93. The zero-order valence-corrected chi connectivity index (χ0v) is 19.3. The normalized spacial score (nSPS) is 15.2. The number of amides is 1. The van der Waals surface area contributed by atoms with Gasteiger partial charge in [0.2, 0.25) is 5.75 Å². The second kappa shape index (κ2) is 8.51. The first kappa shape index (κ1) is 21.1. The quantitative estimate of drug-likeness (QED) is 0.516. The van der Waals surface area contributed by atoms with E-state index >= 15 is 0 Å². The molecule has 0 bridgehead atoms. The minimum atomic E-state index is -0.516. The number of benzene rings is 3. The van der Waals surface area contributed by atoms with Crippen molar-refractivity contribution in [2.45, 2.75) is 13.1 Å². The predicted octanol–water partition coefficient (Wildman–Crippen LogP) is 5.55. The molecule has 1 heterocycles. The third kappa shape index (κ3) is 3.70. The maximum Gasteiger partial charge on any atom is 0.262 e. The first-order chi connectivity index (χ1) is 15.0. The van der Waals surface area contributed by atoms with Crippen LogP contribution in [0.4, 0.5) is 11.4 Å². The second-order valence-electron chi connectivity index (χ2n) is 7.17. The van der Waals surface area contributed by atoms with E-state index in [-0.39, 0.29) is 5.91 Å². The van der Waals surface area contributed by atoms with E-state index in [1.807, 2.05) is 61.5 Å². The van der Waals surface area contributed by atoms with Gasteiger partial charge in [0.1, 0.15) is 6.17 Å². The summed E-state index contributed by atoms with van der Waals surface area (Å²) in [4.78, 5) is 15.5. The van der Waals surface area contributed by atoms with E-state index in [1.54, 1.807) is 26.2 Å². The lowest BCUT2D eigenvalue weighted by atomic mass is 10.0. The van der Waals surface area contributed by atoms with Gasteiger partial charge in [-0.15, -0.1) is 0 Å². The van der Waals surface area contributed by atoms with Gasteiger partial charge in [-0.3, -0.25) is 9.69 Å². The molecule has 7 heteroatoms. The molecular weight excluding hydrogens is 460 g/mol. The number of hydrogen-bond donors (Lipinski definition) is 1. The van der Waals surface area contributed by atoms with Crippen LogP contribution in [0.15, 0.2) is 59.1 Å². The standard InChI is InChI=1S/C24H23BrN2O4/c1-14-6-5-7-16(12-14)27-23(26-19-10-8-15(25)13-18(19)24(27)28)17-9-11-20(29-2)22(31-4)21(17)30-3/h5-13,23,26H,1-4H3. The molecule has 3 aromatic carbocycles. The number of nitrogens with zero attached hydrogens (tertiary/aromatic N) is 1. The van der Waals surface area contributed by atoms with Gasteiger partial charge in [-0.1, -0.05) is 28.1 Å². The number of carbonyl (C=O) groups excluding carboxylic acids is 1. The van der Waals surface area contributed by atoms with Crippen molar-refractivity contribution < 1.29 is 19.0 Å². The Balaban J connectivity index is 1.94. The lowest BCUT2D eigenvalue weighted by molar-refractivity contribution is 0.0974. The van der Waals surface area contributed by atoms with Crippen LogP contribution >= 0.6 is 15.9 Å². The number of fused-ring (bicyclic) bond motifs is 1. The summed E-state index contributed by atoms with van der Waals surface area (Å²) >= 11 is 3.47. The lowest BCUT2D eigenvalue weighted by Crippen LogP contribution is -2.43. The van der Waals surface area contributed by atoms with Crippen LogP contribution < -0.4 is 24.4 Å². The fraction of sp³-hybridized carbons (Fsp3) is 0.208. The Hall–Kier alpha value is -3.19. The highest BCUT2D eigenvalue weighted by molar-refractivity contribution is 9.10. The van der Waals surface area contributed by atoms with Gasteiger partial charge < -0.3 is 19.5 Å². The Bertz CT molecular complexity index is 1150. The summed E-state index contributed by atoms with van der Waals surface area (Å²) in [7, 11) is 4.72. The number of rotatable bonds is 5. The summed E-state index contributed by atoms with van der Waals surface area (Å²) < 4.78 is 17.6. The van der Waals surface area contributed by atoms with Gasteiger partial charge in [-0.2, -0.15) is 0 Å². The molecule has 6 nitrogen and oxygen atoms in total. The molecule has 0 aromatic heterocycles. The van der Waals surface area contributed by atoms with E-state index < -0.39 is 6.17 Å². The smallest absolute Gasteiger partial charge is 0.262 e. The van der Waals surface area contributed by atoms with Crippen molar-refractivity contribution in [1.29, 1.82) is 0 Å². The van der Waals surface area contributed by atoms with Crippen LogP contribution in [0, 0.1) is 6.92 Å². The summed E-state index contributed by atoms with van der Waals surface area (Å²) in [6.45, 7) is 2.00. The number of ether oxygens (including phenoxy) is 3. The van der Waals surface area contributed by atoms with Gasteiger partial charge in [0, 0.05) is 21.4 Å². The molecule has 4 rings (SSSR count). The maximum absolute atomic E-state index is 13.7. The molecule has 1 amide bonds. The summed E-state index contributed by atoms with van der Waals surface area (Å²) in [5, 5.41) is 3.51. The number of carbonyl (C=O) groups is 1. The first-order valence-corrected chi connectivity index (χ1v) is 10.5. The van der Waals surface area contributed by atoms with Gasteiger partial charge in [0.25, 0.3) is 5.91 Å². The first-order valence-electron chi connectivity index (χ1n) is 9.73. The zero-order valence-electron chi connectivity index (χ0n) is 17.7. The number of methoxy groups -OCH3 is 3. The third-order valence-corrected chi connectivity index (χ3v) is 5.78. The van der Waals surface area contributed by atoms with E-state index in [2.05, 4.69) is 21.2 Å². The Morgan fingerprint density at radius 1 is 0.935 bits per heavy atom. The minimum Gasteiger partial charge on any atom is -0.493 e. The zero-order chi connectivity index (χ0) is 22.1. The van der Waals surface area contributed by atoms with E-state index in [4.69, 9.17) is 14.2 Å². The van der Waals surface area contributed by atoms with Crippen molar-refractivity contribution >= 4 is 33.2 Å². The average molecular weight is 483 g/mol. The van der Waals surface area contributed by atoms with E-state index in [9.17, 15) is 4.79 Å². The summed E-state index contributed by atoms with van der Waals surface area (Å²) in [5.74, 6) is 1.42.